The Hall–Kier alpha value is -3.09. The van der Waals surface area contributed by atoms with Gasteiger partial charge in [0.2, 0.25) is 5.56 Å². The standard InChI is InChI=1S/C19H13F3N2O2/c1-26-15-6-4-12(13-9-16(19(20,21)22)24-18(13)15)10-2-5-14-11(8-10)3-7-17(25)23-14/h2-8H,9H2,1H3,(H,23,25). The number of H-pyrrole nitrogens is 1. The van der Waals surface area contributed by atoms with Crippen molar-refractivity contribution in [1.82, 2.24) is 4.98 Å². The van der Waals surface area contributed by atoms with Gasteiger partial charge in [0, 0.05) is 18.0 Å². The molecule has 4 nitrogen and oxygen atoms in total. The van der Waals surface area contributed by atoms with Crippen molar-refractivity contribution in [2.45, 2.75) is 12.6 Å². The van der Waals surface area contributed by atoms with E-state index in [0.717, 1.165) is 10.9 Å². The van der Waals surface area contributed by atoms with Crippen molar-refractivity contribution in [3.8, 4) is 16.9 Å². The molecule has 1 aliphatic heterocycles. The molecule has 2 aromatic carbocycles. The second-order valence-corrected chi connectivity index (χ2v) is 6.00. The van der Waals surface area contributed by atoms with Crippen LogP contribution in [-0.2, 0) is 6.42 Å². The molecular formula is C19H13F3N2O2. The van der Waals surface area contributed by atoms with Gasteiger partial charge in [0.1, 0.15) is 17.1 Å². The molecule has 0 spiro atoms. The van der Waals surface area contributed by atoms with E-state index in [9.17, 15) is 18.0 Å². The molecule has 1 N–H and O–H groups in total. The highest BCUT2D eigenvalue weighted by atomic mass is 19.4. The Balaban J connectivity index is 1.87. The Morgan fingerprint density at radius 3 is 2.65 bits per heavy atom. The Morgan fingerprint density at radius 1 is 1.12 bits per heavy atom. The van der Waals surface area contributed by atoms with E-state index < -0.39 is 11.9 Å². The lowest BCUT2D eigenvalue weighted by atomic mass is 9.95. The van der Waals surface area contributed by atoms with Crippen LogP contribution in [0.3, 0.4) is 0 Å². The van der Waals surface area contributed by atoms with E-state index in [1.165, 1.54) is 13.2 Å². The summed E-state index contributed by atoms with van der Waals surface area (Å²) in [5, 5.41) is 0.793. The van der Waals surface area contributed by atoms with Crippen molar-refractivity contribution in [1.29, 1.82) is 0 Å². The molecule has 26 heavy (non-hydrogen) atoms. The van der Waals surface area contributed by atoms with Gasteiger partial charge in [0.25, 0.3) is 0 Å². The smallest absolute Gasteiger partial charge is 0.429 e. The van der Waals surface area contributed by atoms with Gasteiger partial charge in [0.05, 0.1) is 7.11 Å². The summed E-state index contributed by atoms with van der Waals surface area (Å²) in [4.78, 5) is 17.9. The number of hydrogen-bond donors (Lipinski definition) is 1. The minimum absolute atomic E-state index is 0.209. The number of nitrogens with zero attached hydrogens (tertiary/aromatic N) is 1. The predicted octanol–water partition coefficient (Wildman–Crippen LogP) is 4.39. The number of pyridine rings is 1. The van der Waals surface area contributed by atoms with Gasteiger partial charge in [-0.15, -0.1) is 0 Å². The van der Waals surface area contributed by atoms with E-state index in [1.807, 2.05) is 6.07 Å². The summed E-state index contributed by atoms with van der Waals surface area (Å²) in [6, 6.07) is 11.8. The Kier molecular flexibility index (Phi) is 3.61. The lowest BCUT2D eigenvalue weighted by Crippen LogP contribution is -2.22. The highest BCUT2D eigenvalue weighted by molar-refractivity contribution is 6.01. The van der Waals surface area contributed by atoms with E-state index in [0.29, 0.717) is 22.4 Å². The summed E-state index contributed by atoms with van der Waals surface area (Å²) in [5.41, 5.74) is 1.75. The molecule has 0 bridgehead atoms. The van der Waals surface area contributed by atoms with Crippen LogP contribution in [0.4, 0.5) is 18.9 Å². The van der Waals surface area contributed by atoms with Gasteiger partial charge < -0.3 is 9.72 Å². The topological polar surface area (TPSA) is 54.5 Å². The summed E-state index contributed by atoms with van der Waals surface area (Å²) in [6.45, 7) is 0. The van der Waals surface area contributed by atoms with Crippen LogP contribution in [0.5, 0.6) is 5.75 Å². The van der Waals surface area contributed by atoms with Crippen molar-refractivity contribution >= 4 is 22.3 Å². The molecule has 3 aromatic rings. The average Bonchev–Trinajstić information content (AvgIpc) is 3.06. The van der Waals surface area contributed by atoms with Crippen LogP contribution in [0.15, 0.2) is 52.3 Å². The number of aromatic amines is 1. The second kappa shape index (κ2) is 5.72. The SMILES string of the molecule is COc1ccc(-c2ccc3[nH]c(=O)ccc3c2)c2c1N=C(C(F)(F)F)C2. The molecule has 0 unspecified atom stereocenters. The molecule has 0 aliphatic carbocycles. The molecule has 7 heteroatoms. The first-order chi connectivity index (χ1) is 12.4. The largest absolute Gasteiger partial charge is 0.494 e. The number of rotatable bonds is 2. The Labute approximate surface area is 146 Å². The molecular weight excluding hydrogens is 345 g/mol. The normalized spacial score (nSPS) is 13.6. The van der Waals surface area contributed by atoms with Crippen molar-refractivity contribution in [3.05, 3.63) is 58.4 Å². The third-order valence-corrected chi connectivity index (χ3v) is 4.42. The zero-order chi connectivity index (χ0) is 18.5. The molecule has 0 amide bonds. The number of hydrogen-bond acceptors (Lipinski definition) is 3. The van der Waals surface area contributed by atoms with Gasteiger partial charge in [-0.2, -0.15) is 13.2 Å². The minimum Gasteiger partial charge on any atom is -0.494 e. The first-order valence-corrected chi connectivity index (χ1v) is 7.85. The summed E-state index contributed by atoms with van der Waals surface area (Å²) < 4.78 is 44.6. The molecule has 4 rings (SSSR count). The summed E-state index contributed by atoms with van der Waals surface area (Å²) in [5.74, 6) is 0.313. The maximum absolute atomic E-state index is 13.1. The number of fused-ring (bicyclic) bond motifs is 2. The van der Waals surface area contributed by atoms with Gasteiger partial charge in [0.15, 0.2) is 0 Å². The summed E-state index contributed by atoms with van der Waals surface area (Å²) in [7, 11) is 1.41. The maximum atomic E-state index is 13.1. The third-order valence-electron chi connectivity index (χ3n) is 4.42. The number of benzene rings is 2. The summed E-state index contributed by atoms with van der Waals surface area (Å²) in [6.07, 6.45) is -4.78. The molecule has 1 aromatic heterocycles. The molecule has 0 fully saturated rings. The number of aromatic nitrogens is 1. The molecule has 0 saturated carbocycles. The van der Waals surface area contributed by atoms with E-state index in [1.54, 1.807) is 30.3 Å². The average molecular weight is 358 g/mol. The Bertz CT molecular complexity index is 1110. The Morgan fingerprint density at radius 2 is 1.92 bits per heavy atom. The lowest BCUT2D eigenvalue weighted by molar-refractivity contribution is -0.0597. The molecule has 2 heterocycles. The fraction of sp³-hybridized carbons (Fsp3) is 0.158. The maximum Gasteiger partial charge on any atom is 0.429 e. The van der Waals surface area contributed by atoms with Gasteiger partial charge in [-0.25, -0.2) is 4.99 Å². The van der Waals surface area contributed by atoms with Gasteiger partial charge in [-0.1, -0.05) is 12.1 Å². The first-order valence-electron chi connectivity index (χ1n) is 7.85. The quantitative estimate of drug-likeness (QED) is 0.738. The predicted molar refractivity (Wildman–Crippen MR) is 93.4 cm³/mol. The minimum atomic E-state index is -4.48. The lowest BCUT2D eigenvalue weighted by Gasteiger charge is -2.12. The van der Waals surface area contributed by atoms with Crippen LogP contribution >= 0.6 is 0 Å². The zero-order valence-electron chi connectivity index (χ0n) is 13.6. The first kappa shape index (κ1) is 16.4. The fourth-order valence-corrected chi connectivity index (χ4v) is 3.18. The van der Waals surface area contributed by atoms with E-state index in [2.05, 4.69) is 9.98 Å². The number of alkyl halides is 3. The number of nitrogens with one attached hydrogen (secondary N) is 1. The van der Waals surface area contributed by atoms with Crippen LogP contribution in [0.2, 0.25) is 0 Å². The molecule has 132 valence electrons. The zero-order valence-corrected chi connectivity index (χ0v) is 13.6. The highest BCUT2D eigenvalue weighted by Gasteiger charge is 2.40. The van der Waals surface area contributed by atoms with Crippen molar-refractivity contribution in [3.63, 3.8) is 0 Å². The number of aliphatic imine (C=N–C) groups is 1. The van der Waals surface area contributed by atoms with Crippen molar-refractivity contribution < 1.29 is 17.9 Å². The van der Waals surface area contributed by atoms with Crippen LogP contribution in [0.25, 0.3) is 22.0 Å². The number of halogens is 3. The van der Waals surface area contributed by atoms with Crippen LogP contribution in [0.1, 0.15) is 5.56 Å². The van der Waals surface area contributed by atoms with Gasteiger partial charge in [-0.05, 0) is 46.3 Å². The number of ether oxygens (including phenoxy) is 1. The van der Waals surface area contributed by atoms with E-state index in [4.69, 9.17) is 4.74 Å². The van der Waals surface area contributed by atoms with Crippen LogP contribution in [-0.4, -0.2) is 24.0 Å². The van der Waals surface area contributed by atoms with Crippen LogP contribution in [0, 0.1) is 0 Å². The molecule has 1 aliphatic rings. The monoisotopic (exact) mass is 358 g/mol. The van der Waals surface area contributed by atoms with Crippen molar-refractivity contribution in [2.24, 2.45) is 4.99 Å². The summed E-state index contributed by atoms with van der Waals surface area (Å²) >= 11 is 0. The number of methoxy groups -OCH3 is 1. The molecule has 0 atom stereocenters. The molecule has 0 saturated heterocycles. The van der Waals surface area contributed by atoms with Gasteiger partial charge >= 0.3 is 6.18 Å². The van der Waals surface area contributed by atoms with Crippen molar-refractivity contribution in [2.75, 3.05) is 7.11 Å². The van der Waals surface area contributed by atoms with E-state index >= 15 is 0 Å². The second-order valence-electron chi connectivity index (χ2n) is 6.00. The molecule has 0 radical (unpaired) electrons. The third kappa shape index (κ3) is 2.65. The van der Waals surface area contributed by atoms with Crippen LogP contribution < -0.4 is 10.3 Å². The highest BCUT2D eigenvalue weighted by Crippen LogP contribution is 2.44. The fourth-order valence-electron chi connectivity index (χ4n) is 3.18. The van der Waals surface area contributed by atoms with Gasteiger partial charge in [-0.3, -0.25) is 4.79 Å². The van der Waals surface area contributed by atoms with E-state index in [-0.39, 0.29) is 17.7 Å².